The predicted molar refractivity (Wildman–Crippen MR) is 117 cm³/mol. The molecule has 2 heterocycles. The lowest BCUT2D eigenvalue weighted by Gasteiger charge is -2.18. The van der Waals surface area contributed by atoms with Gasteiger partial charge in [-0.3, -0.25) is 9.36 Å². The van der Waals surface area contributed by atoms with Gasteiger partial charge in [-0.1, -0.05) is 6.58 Å². The number of fused-ring (bicyclic) bond motifs is 1. The molecule has 1 aromatic carbocycles. The summed E-state index contributed by atoms with van der Waals surface area (Å²) in [7, 11) is 3.14. The molecule has 0 spiro atoms. The quantitative estimate of drug-likeness (QED) is 0.459. The van der Waals surface area contributed by atoms with Gasteiger partial charge in [0.25, 0.3) is 0 Å². The molecule has 2 aromatic heterocycles. The molecule has 6 nitrogen and oxygen atoms in total. The standard InChI is InChI=1S/C23H22FN3O3/c1-5-18(29-3)9-6-15(2)26-22-13-21(28)20-12-16(24)14-25-23(20)27(22)17-7-10-19(30-4)11-8-17/h5-14,26H,1H2,2-4H3/b15-6+,18-9+. The second-order valence-electron chi connectivity index (χ2n) is 6.40. The number of hydrogen-bond acceptors (Lipinski definition) is 5. The van der Waals surface area contributed by atoms with Gasteiger partial charge in [0.05, 0.1) is 25.8 Å². The van der Waals surface area contributed by atoms with Crippen LogP contribution in [-0.2, 0) is 4.74 Å². The van der Waals surface area contributed by atoms with E-state index in [0.29, 0.717) is 23.0 Å². The lowest BCUT2D eigenvalue weighted by molar-refractivity contribution is 0.307. The zero-order valence-electron chi connectivity index (χ0n) is 17.0. The minimum atomic E-state index is -0.570. The fourth-order valence-corrected chi connectivity index (χ4v) is 2.93. The van der Waals surface area contributed by atoms with Gasteiger partial charge >= 0.3 is 0 Å². The summed E-state index contributed by atoms with van der Waals surface area (Å²) in [5.74, 6) is 1.20. The highest BCUT2D eigenvalue weighted by atomic mass is 19.1. The highest BCUT2D eigenvalue weighted by Gasteiger charge is 2.13. The number of nitrogens with one attached hydrogen (secondary N) is 1. The largest absolute Gasteiger partial charge is 0.497 e. The van der Waals surface area contributed by atoms with E-state index < -0.39 is 5.82 Å². The zero-order valence-corrected chi connectivity index (χ0v) is 17.0. The van der Waals surface area contributed by atoms with Gasteiger partial charge < -0.3 is 14.8 Å². The van der Waals surface area contributed by atoms with Gasteiger partial charge in [0.15, 0.2) is 5.43 Å². The van der Waals surface area contributed by atoms with Gasteiger partial charge in [-0.25, -0.2) is 9.37 Å². The van der Waals surface area contributed by atoms with Crippen molar-refractivity contribution in [3.8, 4) is 11.4 Å². The lowest BCUT2D eigenvalue weighted by atomic mass is 10.2. The normalized spacial score (nSPS) is 12.0. The third kappa shape index (κ3) is 4.41. The van der Waals surface area contributed by atoms with Crippen molar-refractivity contribution in [3.05, 3.63) is 94.9 Å². The number of allylic oxidation sites excluding steroid dienone is 4. The van der Waals surface area contributed by atoms with Crippen LogP contribution in [-0.4, -0.2) is 23.8 Å². The Labute approximate surface area is 173 Å². The topological polar surface area (TPSA) is 65.4 Å². The molecule has 7 heteroatoms. The van der Waals surface area contributed by atoms with E-state index in [2.05, 4.69) is 16.9 Å². The van der Waals surface area contributed by atoms with E-state index in [0.717, 1.165) is 17.6 Å². The number of nitrogens with zero attached hydrogens (tertiary/aromatic N) is 2. The summed E-state index contributed by atoms with van der Waals surface area (Å²) in [5.41, 5.74) is 1.48. The molecule has 1 N–H and O–H groups in total. The first kappa shape index (κ1) is 20.9. The van der Waals surface area contributed by atoms with Gasteiger partial charge in [0.2, 0.25) is 0 Å². The molecule has 0 radical (unpaired) electrons. The number of ether oxygens (including phenoxy) is 2. The van der Waals surface area contributed by atoms with Crippen molar-refractivity contribution in [2.75, 3.05) is 19.5 Å². The van der Waals surface area contributed by atoms with E-state index in [1.807, 2.05) is 19.1 Å². The van der Waals surface area contributed by atoms with Crippen molar-refractivity contribution in [1.29, 1.82) is 0 Å². The van der Waals surface area contributed by atoms with E-state index in [9.17, 15) is 9.18 Å². The maximum absolute atomic E-state index is 13.7. The minimum Gasteiger partial charge on any atom is -0.497 e. The van der Waals surface area contributed by atoms with Crippen LogP contribution >= 0.6 is 0 Å². The Morgan fingerprint density at radius 3 is 2.57 bits per heavy atom. The number of benzene rings is 1. The molecule has 0 bridgehead atoms. The molecule has 154 valence electrons. The summed E-state index contributed by atoms with van der Waals surface area (Å²) in [5, 5.41) is 3.40. The van der Waals surface area contributed by atoms with Crippen molar-refractivity contribution in [2.24, 2.45) is 0 Å². The molecule has 0 unspecified atom stereocenters. The van der Waals surface area contributed by atoms with Gasteiger partial charge in [-0.15, -0.1) is 0 Å². The highest BCUT2D eigenvalue weighted by Crippen LogP contribution is 2.24. The number of anilines is 1. The van der Waals surface area contributed by atoms with Crippen molar-refractivity contribution >= 4 is 16.9 Å². The van der Waals surface area contributed by atoms with Gasteiger partial charge in [0.1, 0.15) is 28.8 Å². The van der Waals surface area contributed by atoms with E-state index >= 15 is 0 Å². The number of methoxy groups -OCH3 is 2. The van der Waals surface area contributed by atoms with E-state index in [1.54, 1.807) is 49.1 Å². The van der Waals surface area contributed by atoms with E-state index in [1.165, 1.54) is 12.1 Å². The fraction of sp³-hybridized carbons (Fsp3) is 0.130. The molecule has 3 aromatic rings. The SMILES string of the molecule is C=C/C(=C\C=C(/C)Nc1cc(=O)c2cc(F)cnc2n1-c1ccc(OC)cc1)OC. The Kier molecular flexibility index (Phi) is 6.32. The Hall–Kier alpha value is -3.87. The molecule has 0 saturated heterocycles. The van der Waals surface area contributed by atoms with Crippen LogP contribution in [0.15, 0.2) is 83.7 Å². The summed E-state index contributed by atoms with van der Waals surface area (Å²) >= 11 is 0. The first-order valence-corrected chi connectivity index (χ1v) is 9.14. The van der Waals surface area contributed by atoms with Crippen molar-refractivity contribution in [1.82, 2.24) is 9.55 Å². The average molecular weight is 407 g/mol. The Morgan fingerprint density at radius 2 is 1.93 bits per heavy atom. The highest BCUT2D eigenvalue weighted by molar-refractivity contribution is 5.80. The fourth-order valence-electron chi connectivity index (χ4n) is 2.93. The van der Waals surface area contributed by atoms with Crippen molar-refractivity contribution < 1.29 is 13.9 Å². The maximum atomic E-state index is 13.7. The number of aromatic nitrogens is 2. The lowest BCUT2D eigenvalue weighted by Crippen LogP contribution is -2.15. The first-order valence-electron chi connectivity index (χ1n) is 9.14. The molecule has 0 amide bonds. The molecular formula is C23H22FN3O3. The first-order chi connectivity index (χ1) is 14.5. The summed E-state index contributed by atoms with van der Waals surface area (Å²) in [4.78, 5) is 16.8. The second-order valence-corrected chi connectivity index (χ2v) is 6.40. The van der Waals surface area contributed by atoms with Crippen LogP contribution in [0.5, 0.6) is 5.75 Å². The molecule has 0 aliphatic rings. The molecule has 0 atom stereocenters. The average Bonchev–Trinajstić information content (AvgIpc) is 2.75. The number of rotatable bonds is 7. The summed E-state index contributed by atoms with van der Waals surface area (Å²) < 4.78 is 25.9. The van der Waals surface area contributed by atoms with Gasteiger partial charge in [-0.2, -0.15) is 0 Å². The number of halogens is 1. The van der Waals surface area contributed by atoms with Crippen molar-refractivity contribution in [2.45, 2.75) is 6.92 Å². The monoisotopic (exact) mass is 407 g/mol. The van der Waals surface area contributed by atoms with E-state index in [4.69, 9.17) is 9.47 Å². The Balaban J connectivity index is 2.18. The summed E-state index contributed by atoms with van der Waals surface area (Å²) in [6, 6.07) is 9.87. The zero-order chi connectivity index (χ0) is 21.7. The third-order valence-electron chi connectivity index (χ3n) is 4.41. The summed E-state index contributed by atoms with van der Waals surface area (Å²) in [6.07, 6.45) is 6.23. The van der Waals surface area contributed by atoms with Crippen LogP contribution < -0.4 is 15.5 Å². The summed E-state index contributed by atoms with van der Waals surface area (Å²) in [6.45, 7) is 5.52. The number of hydrogen-bond donors (Lipinski definition) is 1. The molecular weight excluding hydrogens is 385 g/mol. The number of pyridine rings is 2. The second kappa shape index (κ2) is 9.09. The van der Waals surface area contributed by atoms with Crippen LogP contribution in [0.2, 0.25) is 0 Å². The molecule has 0 aliphatic carbocycles. The van der Waals surface area contributed by atoms with E-state index in [-0.39, 0.29) is 10.8 Å². The minimum absolute atomic E-state index is 0.186. The molecule has 0 aliphatic heterocycles. The van der Waals surface area contributed by atoms with Crippen molar-refractivity contribution in [3.63, 3.8) is 0 Å². The maximum Gasteiger partial charge on any atom is 0.193 e. The van der Waals surface area contributed by atoms with Gasteiger partial charge in [-0.05, 0) is 55.5 Å². The molecule has 30 heavy (non-hydrogen) atoms. The predicted octanol–water partition coefficient (Wildman–Crippen LogP) is 4.57. The smallest absolute Gasteiger partial charge is 0.193 e. The van der Waals surface area contributed by atoms with Crippen LogP contribution in [0, 0.1) is 5.82 Å². The molecule has 3 rings (SSSR count). The third-order valence-corrected chi connectivity index (χ3v) is 4.41. The molecule has 0 fully saturated rings. The Bertz CT molecular complexity index is 1190. The van der Waals surface area contributed by atoms with Crippen LogP contribution in [0.4, 0.5) is 10.2 Å². The van der Waals surface area contributed by atoms with Crippen LogP contribution in [0.3, 0.4) is 0 Å². The van der Waals surface area contributed by atoms with Gasteiger partial charge in [0, 0.05) is 17.5 Å². The Morgan fingerprint density at radius 1 is 1.20 bits per heavy atom. The van der Waals surface area contributed by atoms with Crippen LogP contribution in [0.1, 0.15) is 6.92 Å². The van der Waals surface area contributed by atoms with Crippen LogP contribution in [0.25, 0.3) is 16.7 Å². The molecule has 0 saturated carbocycles.